The second-order valence-electron chi connectivity index (χ2n) is 6.01. The molecule has 0 spiro atoms. The summed E-state index contributed by atoms with van der Waals surface area (Å²) in [6, 6.07) is 15.7. The lowest BCUT2D eigenvalue weighted by atomic mass is 10.0. The van der Waals surface area contributed by atoms with Crippen LogP contribution in [0.1, 0.15) is 28.5 Å². The minimum absolute atomic E-state index is 0.234. The molecule has 3 aromatic rings. The largest absolute Gasteiger partial charge is 0.355 e. The summed E-state index contributed by atoms with van der Waals surface area (Å²) in [4.78, 5) is 12.7. The lowest BCUT2D eigenvalue weighted by molar-refractivity contribution is 0.0939. The molecule has 128 valence electrons. The van der Waals surface area contributed by atoms with Gasteiger partial charge in [0.05, 0.1) is 5.69 Å². The molecule has 0 aliphatic rings. The van der Waals surface area contributed by atoms with Crippen LogP contribution >= 0.6 is 0 Å². The molecule has 5 heteroatoms. The van der Waals surface area contributed by atoms with Crippen molar-refractivity contribution in [2.24, 2.45) is 0 Å². The zero-order valence-electron chi connectivity index (χ0n) is 14.1. The number of aryl methyl sites for hydroxylation is 1. The van der Waals surface area contributed by atoms with Crippen molar-refractivity contribution in [3.63, 3.8) is 0 Å². The van der Waals surface area contributed by atoms with Gasteiger partial charge in [0.2, 0.25) is 0 Å². The molecule has 4 nitrogen and oxygen atoms in total. The first-order valence-corrected chi connectivity index (χ1v) is 8.12. The summed E-state index contributed by atoms with van der Waals surface area (Å²) in [6.07, 6.45) is 0.406. The quantitative estimate of drug-likeness (QED) is 0.760. The molecule has 1 heterocycles. The molecule has 0 radical (unpaired) electrons. The molecule has 0 aliphatic heterocycles. The van der Waals surface area contributed by atoms with Gasteiger partial charge in [-0.25, -0.2) is 4.39 Å². The highest BCUT2D eigenvalue weighted by atomic mass is 19.1. The average molecular weight is 338 g/mol. The Balaban J connectivity index is 1.78. The Labute approximate surface area is 145 Å². The summed E-state index contributed by atoms with van der Waals surface area (Å²) in [5, 5.41) is 6.83. The van der Waals surface area contributed by atoms with Crippen molar-refractivity contribution < 1.29 is 13.7 Å². The van der Waals surface area contributed by atoms with Crippen LogP contribution in [0.2, 0.25) is 0 Å². The van der Waals surface area contributed by atoms with Crippen LogP contribution in [-0.2, 0) is 6.42 Å². The van der Waals surface area contributed by atoms with Crippen LogP contribution < -0.4 is 5.32 Å². The number of benzene rings is 2. The van der Waals surface area contributed by atoms with Crippen LogP contribution in [0.15, 0.2) is 59.1 Å². The SMILES string of the molecule is Cc1noc(-c2ccccc2)c1C(=O)N[C@H](C)Cc1ccccc1F. The first-order chi connectivity index (χ1) is 12.1. The van der Waals surface area contributed by atoms with Crippen molar-refractivity contribution in [1.29, 1.82) is 0 Å². The minimum atomic E-state index is -0.276. The zero-order valence-corrected chi connectivity index (χ0v) is 14.1. The van der Waals surface area contributed by atoms with Crippen LogP contribution in [0.25, 0.3) is 11.3 Å². The third-order valence-electron chi connectivity index (χ3n) is 3.99. The molecular formula is C20H19FN2O2. The second-order valence-corrected chi connectivity index (χ2v) is 6.01. The first kappa shape index (κ1) is 16.9. The summed E-state index contributed by atoms with van der Waals surface area (Å²) in [5.74, 6) is -0.107. The number of nitrogens with zero attached hydrogens (tertiary/aromatic N) is 1. The number of rotatable bonds is 5. The molecular weight excluding hydrogens is 319 g/mol. The molecule has 0 saturated carbocycles. The monoisotopic (exact) mass is 338 g/mol. The molecule has 0 saturated heterocycles. The molecule has 0 unspecified atom stereocenters. The first-order valence-electron chi connectivity index (χ1n) is 8.12. The van der Waals surface area contributed by atoms with Gasteiger partial charge < -0.3 is 9.84 Å². The van der Waals surface area contributed by atoms with Crippen molar-refractivity contribution in [2.45, 2.75) is 26.3 Å². The highest BCUT2D eigenvalue weighted by Crippen LogP contribution is 2.26. The molecule has 1 atom stereocenters. The van der Waals surface area contributed by atoms with E-state index in [9.17, 15) is 9.18 Å². The van der Waals surface area contributed by atoms with E-state index in [1.807, 2.05) is 37.3 Å². The van der Waals surface area contributed by atoms with Gasteiger partial charge in [-0.05, 0) is 31.9 Å². The van der Waals surface area contributed by atoms with Crippen LogP contribution in [0.4, 0.5) is 4.39 Å². The van der Waals surface area contributed by atoms with E-state index < -0.39 is 0 Å². The Hall–Kier alpha value is -2.95. The summed E-state index contributed by atoms with van der Waals surface area (Å²) < 4.78 is 19.1. The Kier molecular flexibility index (Phi) is 4.93. The molecule has 1 aromatic heterocycles. The van der Waals surface area contributed by atoms with Crippen molar-refractivity contribution >= 4 is 5.91 Å². The van der Waals surface area contributed by atoms with Crippen LogP contribution in [0, 0.1) is 12.7 Å². The topological polar surface area (TPSA) is 55.1 Å². The lowest BCUT2D eigenvalue weighted by Crippen LogP contribution is -2.34. The van der Waals surface area contributed by atoms with Crippen molar-refractivity contribution in [3.05, 3.63) is 77.2 Å². The van der Waals surface area contributed by atoms with E-state index in [1.165, 1.54) is 6.07 Å². The van der Waals surface area contributed by atoms with Crippen LogP contribution in [0.5, 0.6) is 0 Å². The standard InChI is InChI=1S/C20H19FN2O2/c1-13(12-16-10-6-7-11-17(16)21)22-20(24)18-14(2)23-25-19(18)15-8-4-3-5-9-15/h3-11,13H,12H2,1-2H3,(H,22,24)/t13-/m1/s1. The summed E-state index contributed by atoms with van der Waals surface area (Å²) in [5.41, 5.74) is 2.29. The molecule has 1 amide bonds. The van der Waals surface area contributed by atoms with Gasteiger partial charge in [0.15, 0.2) is 5.76 Å². The molecule has 25 heavy (non-hydrogen) atoms. The maximum atomic E-state index is 13.8. The van der Waals surface area contributed by atoms with E-state index >= 15 is 0 Å². The average Bonchev–Trinajstić information content (AvgIpc) is 2.99. The van der Waals surface area contributed by atoms with Gasteiger partial charge in [0.25, 0.3) is 5.91 Å². The number of halogens is 1. The van der Waals surface area contributed by atoms with E-state index in [0.29, 0.717) is 29.0 Å². The maximum absolute atomic E-state index is 13.8. The maximum Gasteiger partial charge on any atom is 0.257 e. The van der Waals surface area contributed by atoms with E-state index in [0.717, 1.165) is 5.56 Å². The molecule has 0 fully saturated rings. The number of carbonyl (C=O) groups is 1. The van der Waals surface area contributed by atoms with Gasteiger partial charge in [0.1, 0.15) is 11.4 Å². The van der Waals surface area contributed by atoms with Gasteiger partial charge in [-0.3, -0.25) is 4.79 Å². The van der Waals surface area contributed by atoms with Crippen LogP contribution in [-0.4, -0.2) is 17.1 Å². The third-order valence-corrected chi connectivity index (χ3v) is 3.99. The summed E-state index contributed by atoms with van der Waals surface area (Å²) in [6.45, 7) is 3.57. The fourth-order valence-corrected chi connectivity index (χ4v) is 2.76. The number of hydrogen-bond donors (Lipinski definition) is 1. The Morgan fingerprint density at radius 1 is 1.16 bits per heavy atom. The predicted octanol–water partition coefficient (Wildman–Crippen LogP) is 4.15. The number of aromatic nitrogens is 1. The fourth-order valence-electron chi connectivity index (χ4n) is 2.76. The number of nitrogens with one attached hydrogen (secondary N) is 1. The van der Waals surface area contributed by atoms with Gasteiger partial charge in [0, 0.05) is 11.6 Å². The molecule has 1 N–H and O–H groups in total. The molecule has 0 aliphatic carbocycles. The molecule has 3 rings (SSSR count). The Morgan fingerprint density at radius 3 is 2.56 bits per heavy atom. The van der Waals surface area contributed by atoms with E-state index in [4.69, 9.17) is 4.52 Å². The fraction of sp³-hybridized carbons (Fsp3) is 0.200. The van der Waals surface area contributed by atoms with Gasteiger partial charge in [-0.2, -0.15) is 0 Å². The van der Waals surface area contributed by atoms with Gasteiger partial charge in [-0.1, -0.05) is 53.7 Å². The third kappa shape index (κ3) is 3.76. The Morgan fingerprint density at radius 2 is 1.84 bits per heavy atom. The highest BCUT2D eigenvalue weighted by molar-refractivity contribution is 6.00. The summed E-state index contributed by atoms with van der Waals surface area (Å²) >= 11 is 0. The predicted molar refractivity (Wildman–Crippen MR) is 93.7 cm³/mol. The van der Waals surface area contributed by atoms with Crippen molar-refractivity contribution in [1.82, 2.24) is 10.5 Å². The van der Waals surface area contributed by atoms with Crippen LogP contribution in [0.3, 0.4) is 0 Å². The highest BCUT2D eigenvalue weighted by Gasteiger charge is 2.23. The van der Waals surface area contributed by atoms with E-state index in [2.05, 4.69) is 10.5 Å². The Bertz CT molecular complexity index is 874. The van der Waals surface area contributed by atoms with Gasteiger partial charge >= 0.3 is 0 Å². The van der Waals surface area contributed by atoms with Crippen molar-refractivity contribution in [3.8, 4) is 11.3 Å². The number of amides is 1. The molecule has 0 bridgehead atoms. The van der Waals surface area contributed by atoms with E-state index in [-0.39, 0.29) is 17.8 Å². The number of hydrogen-bond acceptors (Lipinski definition) is 3. The van der Waals surface area contributed by atoms with Gasteiger partial charge in [-0.15, -0.1) is 0 Å². The van der Waals surface area contributed by atoms with Crippen molar-refractivity contribution in [2.75, 3.05) is 0 Å². The smallest absolute Gasteiger partial charge is 0.257 e. The van der Waals surface area contributed by atoms with E-state index in [1.54, 1.807) is 25.1 Å². The minimum Gasteiger partial charge on any atom is -0.355 e. The number of carbonyl (C=O) groups excluding carboxylic acids is 1. The summed E-state index contributed by atoms with van der Waals surface area (Å²) in [7, 11) is 0. The lowest BCUT2D eigenvalue weighted by Gasteiger charge is -2.14. The molecule has 2 aromatic carbocycles. The zero-order chi connectivity index (χ0) is 17.8. The normalized spacial score (nSPS) is 12.0. The second kappa shape index (κ2) is 7.30.